The van der Waals surface area contributed by atoms with E-state index in [1.54, 1.807) is 0 Å². The van der Waals surface area contributed by atoms with Gasteiger partial charge in [0, 0.05) is 41.2 Å². The van der Waals surface area contributed by atoms with Gasteiger partial charge in [0.05, 0.1) is 11.6 Å². The summed E-state index contributed by atoms with van der Waals surface area (Å²) in [6.45, 7) is 3.68. The molecule has 178 valence electrons. The molecule has 0 heterocycles. The summed E-state index contributed by atoms with van der Waals surface area (Å²) in [4.78, 5) is 50.8. The second kappa shape index (κ2) is 7.96. The van der Waals surface area contributed by atoms with Crippen molar-refractivity contribution >= 4 is 23.5 Å². The first-order valence-electron chi connectivity index (χ1n) is 10.5. The number of aliphatic hydroxyl groups is 2. The van der Waals surface area contributed by atoms with E-state index in [0.29, 0.717) is 0 Å². The third kappa shape index (κ3) is 3.11. The number of hydrogen-bond acceptors (Lipinski definition) is 10. The summed E-state index contributed by atoms with van der Waals surface area (Å²) >= 11 is 0. The average Bonchev–Trinajstić information content (AvgIpc) is 3.13. The molecule has 1 aromatic rings. The Kier molecular flexibility index (Phi) is 5.49. The van der Waals surface area contributed by atoms with Crippen LogP contribution in [-0.2, 0) is 19.1 Å². The van der Waals surface area contributed by atoms with Crippen LogP contribution in [0.15, 0.2) is 45.6 Å². The van der Waals surface area contributed by atoms with E-state index in [2.05, 4.69) is 5.11 Å². The van der Waals surface area contributed by atoms with Crippen molar-refractivity contribution in [3.8, 4) is 5.75 Å². The average molecular weight is 469 g/mol. The number of phenolic OH excluding ortho intramolecular Hbond substituents is 1. The minimum atomic E-state index is -2.23. The highest BCUT2D eigenvalue weighted by Gasteiger charge is 2.61. The number of benzene rings is 1. The lowest BCUT2D eigenvalue weighted by atomic mass is 9.73. The monoisotopic (exact) mass is 469 g/mol. The molecule has 4 rings (SSSR count). The molecule has 0 bridgehead atoms. The summed E-state index contributed by atoms with van der Waals surface area (Å²) in [5, 5.41) is 36.0. The number of rotatable bonds is 4. The standard InChI is InChI=1S/C23H21N2O9/c1-4-11(28)34-21-16-14(20(31)22(23(21,3)32)33-8(2)26)13-15(17(16)25-24)19(30)12-9(18(13)29)6-5-7-10(12)27/h5-7,17,20-22,27,31-32H,4H2,1-3H3/q-1/t17?,20-,21+,22+,23+/m0/s1. The molecule has 0 aliphatic heterocycles. The number of carbonyl (C=O) groups excluding carboxylic acids is 4. The Hall–Kier alpha value is -3.70. The van der Waals surface area contributed by atoms with Gasteiger partial charge in [-0.3, -0.25) is 19.2 Å². The van der Waals surface area contributed by atoms with E-state index >= 15 is 0 Å². The molecule has 0 radical (unpaired) electrons. The SMILES string of the molecule is CCC(=O)O[C@@H]1C2=C(C3=C(C(=O)c4c(O)cccc4C3=O)C2N=[N-])[C@H](O)[C@@H](OC(C)=O)[C@]1(C)O. The first kappa shape index (κ1) is 23.5. The third-order valence-electron chi connectivity index (χ3n) is 6.32. The fourth-order valence-electron chi connectivity index (χ4n) is 4.87. The van der Waals surface area contributed by atoms with E-state index in [1.165, 1.54) is 25.1 Å². The molecule has 0 saturated heterocycles. The van der Waals surface area contributed by atoms with Gasteiger partial charge in [-0.15, -0.1) is 0 Å². The number of esters is 2. The largest absolute Gasteiger partial charge is 0.711 e. The second-order valence-electron chi connectivity index (χ2n) is 8.46. The molecule has 0 saturated carbocycles. The quantitative estimate of drug-likeness (QED) is 0.430. The molecular formula is C23H21N2O9-. The van der Waals surface area contributed by atoms with E-state index in [1.807, 2.05) is 0 Å². The summed E-state index contributed by atoms with van der Waals surface area (Å²) in [5.41, 5.74) is 6.09. The Morgan fingerprint density at radius 2 is 1.85 bits per heavy atom. The van der Waals surface area contributed by atoms with Crippen LogP contribution < -0.4 is 0 Å². The van der Waals surface area contributed by atoms with Gasteiger partial charge in [0.1, 0.15) is 17.5 Å². The first-order chi connectivity index (χ1) is 16.0. The van der Waals surface area contributed by atoms with Crippen molar-refractivity contribution in [3.63, 3.8) is 0 Å². The number of carbonyl (C=O) groups is 4. The predicted octanol–water partition coefficient (Wildman–Crippen LogP) is 1.15. The van der Waals surface area contributed by atoms with Gasteiger partial charge >= 0.3 is 11.9 Å². The minimum absolute atomic E-state index is 0.110. The van der Waals surface area contributed by atoms with Gasteiger partial charge in [-0.2, -0.15) is 0 Å². The molecule has 3 aliphatic carbocycles. The van der Waals surface area contributed by atoms with Crippen molar-refractivity contribution < 1.29 is 44.0 Å². The minimum Gasteiger partial charge on any atom is -0.711 e. The first-order valence-corrected chi connectivity index (χ1v) is 10.5. The maximum Gasteiger partial charge on any atom is 0.306 e. The molecule has 0 aromatic heterocycles. The van der Waals surface area contributed by atoms with Crippen LogP contribution in [0.25, 0.3) is 5.53 Å². The fourth-order valence-corrected chi connectivity index (χ4v) is 4.87. The van der Waals surface area contributed by atoms with Gasteiger partial charge in [0.2, 0.25) is 0 Å². The zero-order chi connectivity index (χ0) is 25.1. The third-order valence-corrected chi connectivity index (χ3v) is 6.32. The van der Waals surface area contributed by atoms with Gasteiger partial charge in [-0.1, -0.05) is 19.1 Å². The Morgan fingerprint density at radius 3 is 2.44 bits per heavy atom. The molecule has 0 fully saturated rings. The van der Waals surface area contributed by atoms with Crippen LogP contribution >= 0.6 is 0 Å². The summed E-state index contributed by atoms with van der Waals surface area (Å²) in [5.74, 6) is -3.72. The molecular weight excluding hydrogens is 448 g/mol. The number of ether oxygens (including phenoxy) is 2. The lowest BCUT2D eigenvalue weighted by Gasteiger charge is -2.46. The zero-order valence-electron chi connectivity index (χ0n) is 18.4. The van der Waals surface area contributed by atoms with Gasteiger partial charge in [-0.25, -0.2) is 0 Å². The van der Waals surface area contributed by atoms with E-state index in [0.717, 1.165) is 13.8 Å². The number of phenols is 1. The molecule has 34 heavy (non-hydrogen) atoms. The highest BCUT2D eigenvalue weighted by atomic mass is 16.6. The van der Waals surface area contributed by atoms with Crippen LogP contribution in [0.5, 0.6) is 5.75 Å². The Balaban J connectivity index is 2.00. The maximum atomic E-state index is 13.5. The smallest absolute Gasteiger partial charge is 0.306 e. The Morgan fingerprint density at radius 1 is 1.18 bits per heavy atom. The number of fused-ring (bicyclic) bond motifs is 2. The Bertz CT molecular complexity index is 1230. The predicted molar refractivity (Wildman–Crippen MR) is 113 cm³/mol. The molecule has 5 atom stereocenters. The van der Waals surface area contributed by atoms with Crippen LogP contribution in [0.4, 0.5) is 0 Å². The number of aromatic hydroxyl groups is 1. The van der Waals surface area contributed by atoms with E-state index in [4.69, 9.17) is 9.47 Å². The summed E-state index contributed by atoms with van der Waals surface area (Å²) in [6.07, 6.45) is -5.29. The van der Waals surface area contributed by atoms with Crippen molar-refractivity contribution in [3.05, 3.63) is 57.1 Å². The maximum absolute atomic E-state index is 13.5. The molecule has 3 aliphatic rings. The molecule has 11 heteroatoms. The number of aliphatic hydroxyl groups excluding tert-OH is 1. The topological polar surface area (TPSA) is 182 Å². The van der Waals surface area contributed by atoms with Gasteiger partial charge in [-0.05, 0) is 13.0 Å². The van der Waals surface area contributed by atoms with Crippen LogP contribution in [0.3, 0.4) is 0 Å². The molecule has 11 nitrogen and oxygen atoms in total. The molecule has 3 N–H and O–H groups in total. The van der Waals surface area contributed by atoms with Crippen molar-refractivity contribution in [2.45, 2.75) is 57.1 Å². The normalized spacial score (nSPS) is 29.9. The van der Waals surface area contributed by atoms with Crippen LogP contribution in [0, 0.1) is 0 Å². The summed E-state index contributed by atoms with van der Waals surface area (Å²) < 4.78 is 10.6. The highest BCUT2D eigenvalue weighted by molar-refractivity contribution is 6.31. The van der Waals surface area contributed by atoms with Gasteiger partial charge in [0.15, 0.2) is 23.8 Å². The van der Waals surface area contributed by atoms with Crippen molar-refractivity contribution in [2.75, 3.05) is 0 Å². The number of hydrogen-bond donors (Lipinski definition) is 3. The molecule has 1 unspecified atom stereocenters. The highest BCUT2D eigenvalue weighted by Crippen LogP contribution is 2.51. The van der Waals surface area contributed by atoms with Crippen LogP contribution in [0.1, 0.15) is 47.9 Å². The number of ketones is 2. The number of nitrogens with zero attached hydrogens (tertiary/aromatic N) is 2. The van der Waals surface area contributed by atoms with E-state index in [9.17, 15) is 40.0 Å². The zero-order valence-corrected chi connectivity index (χ0v) is 18.4. The summed E-state index contributed by atoms with van der Waals surface area (Å²) in [7, 11) is 0. The number of Topliss-reactive ketones (excluding diaryl/α,β-unsaturated/α-hetero) is 2. The second-order valence-corrected chi connectivity index (χ2v) is 8.46. The Labute approximate surface area is 193 Å². The fraction of sp³-hybridized carbons (Fsp3) is 0.391. The van der Waals surface area contributed by atoms with E-state index < -0.39 is 59.2 Å². The van der Waals surface area contributed by atoms with Gasteiger partial charge < -0.3 is 35.4 Å². The van der Waals surface area contributed by atoms with E-state index in [-0.39, 0.29) is 39.8 Å². The molecule has 0 spiro atoms. The summed E-state index contributed by atoms with van der Waals surface area (Å²) in [6, 6.07) is 2.29. The van der Waals surface area contributed by atoms with Crippen molar-refractivity contribution in [1.29, 1.82) is 0 Å². The molecule has 0 amide bonds. The van der Waals surface area contributed by atoms with Gasteiger partial charge in [0.25, 0.3) is 0 Å². The lowest BCUT2D eigenvalue weighted by molar-refractivity contribution is -0.202. The lowest BCUT2D eigenvalue weighted by Crippen LogP contribution is -2.62. The van der Waals surface area contributed by atoms with Crippen LogP contribution in [-0.4, -0.2) is 68.8 Å². The molecule has 1 aromatic carbocycles. The van der Waals surface area contributed by atoms with Crippen molar-refractivity contribution in [1.82, 2.24) is 0 Å². The van der Waals surface area contributed by atoms with Crippen LogP contribution in [0.2, 0.25) is 0 Å². The van der Waals surface area contributed by atoms with Crippen molar-refractivity contribution in [2.24, 2.45) is 5.11 Å².